The lowest BCUT2D eigenvalue weighted by Crippen LogP contribution is -2.57. The fourth-order valence-electron chi connectivity index (χ4n) is 3.27. The molecule has 9 nitrogen and oxygen atoms in total. The lowest BCUT2D eigenvalue weighted by molar-refractivity contribution is -0.312. The van der Waals surface area contributed by atoms with Crippen LogP contribution in [0.1, 0.15) is 48.5 Å². The second-order valence-corrected chi connectivity index (χ2v) is 6.93. The lowest BCUT2D eigenvalue weighted by atomic mass is 9.94. The van der Waals surface area contributed by atoms with Crippen LogP contribution in [-0.2, 0) is 11.2 Å². The van der Waals surface area contributed by atoms with Gasteiger partial charge in [0.05, 0.1) is 18.6 Å². The maximum absolute atomic E-state index is 11.8. The summed E-state index contributed by atoms with van der Waals surface area (Å²) >= 11 is 0. The molecule has 1 unspecified atom stereocenters. The molecule has 0 amide bonds. The van der Waals surface area contributed by atoms with Crippen LogP contribution in [-0.4, -0.2) is 68.0 Å². The maximum atomic E-state index is 11.8. The van der Waals surface area contributed by atoms with Crippen LogP contribution < -0.4 is 4.74 Å². The van der Waals surface area contributed by atoms with Gasteiger partial charge in [-0.25, -0.2) is 4.79 Å². The van der Waals surface area contributed by atoms with Gasteiger partial charge in [0.1, 0.15) is 23.2 Å². The number of aromatic hydroxyl groups is 1. The molecule has 1 aliphatic rings. The van der Waals surface area contributed by atoms with Crippen LogP contribution in [0.3, 0.4) is 0 Å². The van der Waals surface area contributed by atoms with E-state index in [0.717, 1.165) is 31.7 Å². The van der Waals surface area contributed by atoms with Crippen LogP contribution in [0.25, 0.3) is 0 Å². The summed E-state index contributed by atoms with van der Waals surface area (Å²) in [5.41, 5.74) is 0.223. The number of aryl methyl sites for hydroxylation is 1. The van der Waals surface area contributed by atoms with Gasteiger partial charge in [-0.3, -0.25) is 0 Å². The molecule has 0 saturated carbocycles. The molecule has 1 aliphatic heterocycles. The van der Waals surface area contributed by atoms with E-state index in [1.165, 1.54) is 6.07 Å². The van der Waals surface area contributed by atoms with Crippen molar-refractivity contribution in [3.8, 4) is 11.5 Å². The maximum Gasteiger partial charge on any atom is 0.339 e. The van der Waals surface area contributed by atoms with Crippen molar-refractivity contribution in [3.05, 3.63) is 23.3 Å². The quantitative estimate of drug-likeness (QED) is 0.327. The van der Waals surface area contributed by atoms with Crippen molar-refractivity contribution in [3.63, 3.8) is 0 Å². The van der Waals surface area contributed by atoms with Gasteiger partial charge in [-0.1, -0.05) is 26.2 Å². The molecular formula is C19H28O9. The van der Waals surface area contributed by atoms with Crippen molar-refractivity contribution in [1.82, 2.24) is 0 Å². The smallest absolute Gasteiger partial charge is 0.339 e. The van der Waals surface area contributed by atoms with E-state index in [1.807, 2.05) is 0 Å². The highest BCUT2D eigenvalue weighted by Gasteiger charge is 2.45. The predicted octanol–water partition coefficient (Wildman–Crippen LogP) is 0.597. The Morgan fingerprint density at radius 3 is 2.46 bits per heavy atom. The number of benzene rings is 1. The summed E-state index contributed by atoms with van der Waals surface area (Å²) in [5.74, 6) is -2.81. The number of unbranched alkanes of at least 4 members (excludes halogenated alkanes) is 3. The average Bonchev–Trinajstić information content (AvgIpc) is 2.63. The number of carbonyl (C=O) groups is 1. The van der Waals surface area contributed by atoms with E-state index in [0.29, 0.717) is 12.0 Å². The lowest BCUT2D eigenvalue weighted by Gasteiger charge is -2.39. The molecule has 1 heterocycles. The largest absolute Gasteiger partial charge is 0.508 e. The summed E-state index contributed by atoms with van der Waals surface area (Å²) in [5, 5.41) is 58.5. The molecule has 1 aromatic carbocycles. The topological polar surface area (TPSA) is 157 Å². The Balaban J connectivity index is 2.30. The molecule has 0 aromatic heterocycles. The summed E-state index contributed by atoms with van der Waals surface area (Å²) in [6.45, 7) is 1.42. The third kappa shape index (κ3) is 5.12. The number of aliphatic hydroxyl groups is 4. The zero-order chi connectivity index (χ0) is 20.8. The first-order valence-corrected chi connectivity index (χ1v) is 9.36. The standard InChI is InChI=1S/C19H28O9/c1-2-3-4-5-6-10-7-11(21)8-13(14(10)17(24)25)27-19-12(9-20)15(22)16(23)18(26)28-19/h7-8,12,15-16,18-23,26H,2-6,9H2,1H3,(H,24,25)/t12-,15-,16+,18+,19?/m1/s1. The Morgan fingerprint density at radius 1 is 1.14 bits per heavy atom. The minimum Gasteiger partial charge on any atom is -0.508 e. The minimum atomic E-state index is -1.78. The Morgan fingerprint density at radius 2 is 1.86 bits per heavy atom. The van der Waals surface area contributed by atoms with E-state index < -0.39 is 43.3 Å². The molecule has 1 fully saturated rings. The fraction of sp³-hybridized carbons (Fsp3) is 0.632. The molecule has 6 N–H and O–H groups in total. The number of aliphatic hydroxyl groups excluding tert-OH is 4. The molecule has 0 radical (unpaired) electrons. The van der Waals surface area contributed by atoms with E-state index in [4.69, 9.17) is 9.47 Å². The molecule has 0 spiro atoms. The third-order valence-electron chi connectivity index (χ3n) is 4.84. The molecule has 9 heteroatoms. The zero-order valence-corrected chi connectivity index (χ0v) is 15.7. The first-order valence-electron chi connectivity index (χ1n) is 9.36. The highest BCUT2D eigenvalue weighted by molar-refractivity contribution is 5.93. The summed E-state index contributed by atoms with van der Waals surface area (Å²) in [4.78, 5) is 11.8. The summed E-state index contributed by atoms with van der Waals surface area (Å²) in [6, 6.07) is 2.46. The summed E-state index contributed by atoms with van der Waals surface area (Å²) in [6.07, 6.45) is -2.28. The van der Waals surface area contributed by atoms with Crippen LogP contribution in [0.15, 0.2) is 12.1 Å². The number of phenols is 1. The summed E-state index contributed by atoms with van der Waals surface area (Å²) in [7, 11) is 0. The average molecular weight is 400 g/mol. The molecule has 0 aliphatic carbocycles. The van der Waals surface area contributed by atoms with Crippen molar-refractivity contribution >= 4 is 5.97 Å². The highest BCUT2D eigenvalue weighted by atomic mass is 16.7. The Hall–Kier alpha value is -1.91. The summed E-state index contributed by atoms with van der Waals surface area (Å²) < 4.78 is 10.6. The monoisotopic (exact) mass is 400 g/mol. The van der Waals surface area contributed by atoms with Gasteiger partial charge in [0, 0.05) is 6.07 Å². The van der Waals surface area contributed by atoms with E-state index in [1.54, 1.807) is 0 Å². The van der Waals surface area contributed by atoms with E-state index in [9.17, 15) is 35.4 Å². The van der Waals surface area contributed by atoms with Gasteiger partial charge in [-0.15, -0.1) is 0 Å². The van der Waals surface area contributed by atoms with Crippen molar-refractivity contribution in [2.24, 2.45) is 5.92 Å². The molecule has 1 saturated heterocycles. The highest BCUT2D eigenvalue weighted by Crippen LogP contribution is 2.34. The zero-order valence-electron chi connectivity index (χ0n) is 15.7. The SMILES string of the molecule is CCCCCCc1cc(O)cc(OC2O[C@H](O)[C@@H](O)[C@H](O)[C@H]2CO)c1C(=O)O. The number of carboxylic acid groups (broad SMARTS) is 1. The van der Waals surface area contributed by atoms with Gasteiger partial charge >= 0.3 is 5.97 Å². The van der Waals surface area contributed by atoms with Crippen LogP contribution in [0, 0.1) is 5.92 Å². The van der Waals surface area contributed by atoms with Crippen molar-refractivity contribution in [2.45, 2.75) is 63.8 Å². The Labute approximate surface area is 162 Å². The van der Waals surface area contributed by atoms with Gasteiger partial charge in [0.2, 0.25) is 6.29 Å². The van der Waals surface area contributed by atoms with Crippen molar-refractivity contribution < 1.29 is 44.9 Å². The van der Waals surface area contributed by atoms with Gasteiger partial charge in [-0.2, -0.15) is 0 Å². The first-order chi connectivity index (χ1) is 13.3. The Kier molecular flexibility index (Phi) is 8.02. The van der Waals surface area contributed by atoms with E-state index in [-0.39, 0.29) is 17.1 Å². The second kappa shape index (κ2) is 10.0. The predicted molar refractivity (Wildman–Crippen MR) is 97.0 cm³/mol. The van der Waals surface area contributed by atoms with Gasteiger partial charge < -0.3 is 40.1 Å². The Bertz CT molecular complexity index is 663. The van der Waals surface area contributed by atoms with Gasteiger partial charge in [-0.05, 0) is 24.5 Å². The molecule has 0 bridgehead atoms. The van der Waals surface area contributed by atoms with Gasteiger partial charge in [0.25, 0.3) is 0 Å². The molecule has 158 valence electrons. The number of phenolic OH excluding ortho intramolecular Hbond substituents is 1. The fourth-order valence-corrected chi connectivity index (χ4v) is 3.27. The number of hydrogen-bond donors (Lipinski definition) is 6. The number of ether oxygens (including phenoxy) is 2. The van der Waals surface area contributed by atoms with Crippen LogP contribution in [0.5, 0.6) is 11.5 Å². The molecule has 1 aromatic rings. The number of hydrogen-bond acceptors (Lipinski definition) is 8. The molecule has 28 heavy (non-hydrogen) atoms. The van der Waals surface area contributed by atoms with Crippen LogP contribution in [0.4, 0.5) is 0 Å². The van der Waals surface area contributed by atoms with E-state index >= 15 is 0 Å². The second-order valence-electron chi connectivity index (χ2n) is 6.93. The van der Waals surface area contributed by atoms with Crippen LogP contribution >= 0.6 is 0 Å². The molecule has 2 rings (SSSR count). The number of aromatic carboxylic acids is 1. The first kappa shape index (κ1) is 22.4. The minimum absolute atomic E-state index is 0.162. The van der Waals surface area contributed by atoms with E-state index in [2.05, 4.69) is 6.92 Å². The van der Waals surface area contributed by atoms with Crippen LogP contribution in [0.2, 0.25) is 0 Å². The molecular weight excluding hydrogens is 372 g/mol. The molecule has 5 atom stereocenters. The van der Waals surface area contributed by atoms with Crippen molar-refractivity contribution in [1.29, 1.82) is 0 Å². The van der Waals surface area contributed by atoms with Crippen molar-refractivity contribution in [2.75, 3.05) is 6.61 Å². The normalized spacial score (nSPS) is 27.5. The van der Waals surface area contributed by atoms with Gasteiger partial charge in [0.15, 0.2) is 6.29 Å². The number of rotatable bonds is 9. The number of carboxylic acids is 1. The third-order valence-corrected chi connectivity index (χ3v) is 4.84.